The first kappa shape index (κ1) is 14.4. The molecule has 7 heteroatoms. The van der Waals surface area contributed by atoms with Gasteiger partial charge >= 0.3 is 5.97 Å². The van der Waals surface area contributed by atoms with Crippen LogP contribution in [0.25, 0.3) is 0 Å². The van der Waals surface area contributed by atoms with Crippen LogP contribution in [0.1, 0.15) is 15.2 Å². The molecular formula is C13H13N3O2S2. The van der Waals surface area contributed by atoms with Gasteiger partial charge in [0.05, 0.1) is 24.6 Å². The normalized spacial score (nSPS) is 9.90. The van der Waals surface area contributed by atoms with E-state index in [4.69, 9.17) is 17.0 Å². The Morgan fingerprint density at radius 1 is 1.45 bits per heavy atom. The summed E-state index contributed by atoms with van der Waals surface area (Å²) in [5.74, 6) is -0.388. The fourth-order valence-electron chi connectivity index (χ4n) is 1.57. The minimum atomic E-state index is -0.388. The number of ether oxygens (including phenoxy) is 1. The average molecular weight is 307 g/mol. The standard InChI is InChI=1S/C13H13N3O2S2/c1-8-6-10(12(17)18-2)11(20-8)16-13(19)15-9-4-3-5-14-7-9/h3-7H,1-2H3,(H2,15,16,19). The molecule has 2 rings (SSSR count). The van der Waals surface area contributed by atoms with E-state index in [0.29, 0.717) is 15.7 Å². The van der Waals surface area contributed by atoms with E-state index in [0.717, 1.165) is 10.6 Å². The van der Waals surface area contributed by atoms with Crippen molar-refractivity contribution < 1.29 is 9.53 Å². The highest BCUT2D eigenvalue weighted by atomic mass is 32.1. The van der Waals surface area contributed by atoms with E-state index in [2.05, 4.69) is 15.6 Å². The Morgan fingerprint density at radius 3 is 2.90 bits per heavy atom. The second-order valence-electron chi connectivity index (χ2n) is 3.91. The minimum absolute atomic E-state index is 0.388. The van der Waals surface area contributed by atoms with Crippen molar-refractivity contribution in [2.24, 2.45) is 0 Å². The predicted octanol–water partition coefficient (Wildman–Crippen LogP) is 3.05. The second kappa shape index (κ2) is 6.44. The average Bonchev–Trinajstić information content (AvgIpc) is 2.79. The lowest BCUT2D eigenvalue weighted by Gasteiger charge is -2.09. The molecule has 0 unspecified atom stereocenters. The molecule has 104 valence electrons. The molecule has 20 heavy (non-hydrogen) atoms. The van der Waals surface area contributed by atoms with Crippen molar-refractivity contribution in [2.75, 3.05) is 17.7 Å². The first-order chi connectivity index (χ1) is 9.60. The number of carbonyl (C=O) groups is 1. The number of carbonyl (C=O) groups excluding carboxylic acids is 1. The molecule has 0 aromatic carbocycles. The Morgan fingerprint density at radius 2 is 2.25 bits per heavy atom. The van der Waals surface area contributed by atoms with Gasteiger partial charge in [-0.2, -0.15) is 0 Å². The summed E-state index contributed by atoms with van der Waals surface area (Å²) in [4.78, 5) is 16.6. The third kappa shape index (κ3) is 3.52. The molecule has 0 aliphatic rings. The lowest BCUT2D eigenvalue weighted by molar-refractivity contribution is 0.0602. The highest BCUT2D eigenvalue weighted by molar-refractivity contribution is 7.80. The molecule has 0 fully saturated rings. The number of nitrogens with zero attached hydrogens (tertiary/aromatic N) is 1. The molecule has 0 atom stereocenters. The fourth-order valence-corrected chi connectivity index (χ4v) is 2.76. The van der Waals surface area contributed by atoms with Gasteiger partial charge in [-0.05, 0) is 37.3 Å². The molecule has 2 aromatic rings. The van der Waals surface area contributed by atoms with Crippen molar-refractivity contribution in [1.82, 2.24) is 4.98 Å². The van der Waals surface area contributed by atoms with Crippen LogP contribution < -0.4 is 10.6 Å². The number of methoxy groups -OCH3 is 1. The molecule has 0 saturated carbocycles. The van der Waals surface area contributed by atoms with Gasteiger partial charge in [0.1, 0.15) is 5.00 Å². The van der Waals surface area contributed by atoms with E-state index in [-0.39, 0.29) is 5.97 Å². The lowest BCUT2D eigenvalue weighted by atomic mass is 10.3. The number of anilines is 2. The smallest absolute Gasteiger partial charge is 0.340 e. The number of thiocarbonyl (C=S) groups is 1. The van der Waals surface area contributed by atoms with E-state index >= 15 is 0 Å². The number of hydrogen-bond donors (Lipinski definition) is 2. The van der Waals surface area contributed by atoms with Crippen molar-refractivity contribution in [3.8, 4) is 0 Å². The Hall–Kier alpha value is -1.99. The van der Waals surface area contributed by atoms with E-state index in [1.165, 1.54) is 18.4 Å². The van der Waals surface area contributed by atoms with Gasteiger partial charge in [-0.25, -0.2) is 4.79 Å². The molecule has 0 aliphatic heterocycles. The van der Waals surface area contributed by atoms with Gasteiger partial charge in [-0.3, -0.25) is 4.98 Å². The zero-order valence-corrected chi connectivity index (χ0v) is 12.6. The maximum Gasteiger partial charge on any atom is 0.340 e. The summed E-state index contributed by atoms with van der Waals surface area (Å²) in [6.45, 7) is 1.92. The quantitative estimate of drug-likeness (QED) is 0.671. The van der Waals surface area contributed by atoms with Crippen LogP contribution in [0.3, 0.4) is 0 Å². The molecule has 0 radical (unpaired) electrons. The van der Waals surface area contributed by atoms with Crippen LogP contribution in [-0.2, 0) is 4.74 Å². The molecule has 2 N–H and O–H groups in total. The van der Waals surface area contributed by atoms with Gasteiger partial charge in [0.15, 0.2) is 5.11 Å². The molecule has 2 aromatic heterocycles. The van der Waals surface area contributed by atoms with Crippen LogP contribution in [0, 0.1) is 6.92 Å². The Kier molecular flexibility index (Phi) is 4.65. The van der Waals surface area contributed by atoms with Crippen molar-refractivity contribution in [3.63, 3.8) is 0 Å². The van der Waals surface area contributed by atoms with Crippen molar-refractivity contribution in [3.05, 3.63) is 41.0 Å². The third-order valence-corrected chi connectivity index (χ3v) is 3.58. The van der Waals surface area contributed by atoms with Gasteiger partial charge in [0.25, 0.3) is 0 Å². The Balaban J connectivity index is 2.10. The van der Waals surface area contributed by atoms with Crippen molar-refractivity contribution >= 4 is 45.3 Å². The molecule has 0 saturated heterocycles. The van der Waals surface area contributed by atoms with Crippen LogP contribution in [0.5, 0.6) is 0 Å². The molecular weight excluding hydrogens is 294 g/mol. The highest BCUT2D eigenvalue weighted by Crippen LogP contribution is 2.28. The molecule has 0 aliphatic carbocycles. The highest BCUT2D eigenvalue weighted by Gasteiger charge is 2.16. The molecule has 5 nitrogen and oxygen atoms in total. The second-order valence-corrected chi connectivity index (χ2v) is 5.58. The largest absolute Gasteiger partial charge is 0.465 e. The Bertz CT molecular complexity index is 626. The summed E-state index contributed by atoms with van der Waals surface area (Å²) >= 11 is 6.66. The summed E-state index contributed by atoms with van der Waals surface area (Å²) in [6.07, 6.45) is 3.34. The molecule has 0 amide bonds. The van der Waals surface area contributed by atoms with Gasteiger partial charge < -0.3 is 15.4 Å². The van der Waals surface area contributed by atoms with E-state index in [1.807, 2.05) is 13.0 Å². The lowest BCUT2D eigenvalue weighted by Crippen LogP contribution is -2.19. The first-order valence-electron chi connectivity index (χ1n) is 5.77. The van der Waals surface area contributed by atoms with Crippen LogP contribution in [-0.4, -0.2) is 23.2 Å². The number of hydrogen-bond acceptors (Lipinski definition) is 5. The number of aryl methyl sites for hydroxylation is 1. The third-order valence-electron chi connectivity index (χ3n) is 2.41. The van der Waals surface area contributed by atoms with E-state index in [1.54, 1.807) is 24.5 Å². The van der Waals surface area contributed by atoms with Crippen LogP contribution in [0.4, 0.5) is 10.7 Å². The molecule has 0 spiro atoms. The predicted molar refractivity (Wildman–Crippen MR) is 84.5 cm³/mol. The molecule has 0 bridgehead atoms. The van der Waals surface area contributed by atoms with Gasteiger partial charge in [-0.15, -0.1) is 11.3 Å². The first-order valence-corrected chi connectivity index (χ1v) is 6.99. The van der Waals surface area contributed by atoms with Crippen LogP contribution in [0.2, 0.25) is 0 Å². The topological polar surface area (TPSA) is 63.2 Å². The van der Waals surface area contributed by atoms with Crippen LogP contribution in [0.15, 0.2) is 30.6 Å². The van der Waals surface area contributed by atoms with Crippen molar-refractivity contribution in [1.29, 1.82) is 0 Å². The number of esters is 1. The number of pyridine rings is 1. The summed E-state index contributed by atoms with van der Waals surface area (Å²) in [7, 11) is 1.35. The molecule has 2 heterocycles. The summed E-state index contributed by atoms with van der Waals surface area (Å²) in [5, 5.41) is 7.06. The van der Waals surface area contributed by atoms with Gasteiger partial charge in [-0.1, -0.05) is 0 Å². The van der Waals surface area contributed by atoms with E-state index < -0.39 is 0 Å². The van der Waals surface area contributed by atoms with Crippen molar-refractivity contribution in [2.45, 2.75) is 6.92 Å². The summed E-state index contributed by atoms with van der Waals surface area (Å²) < 4.78 is 4.74. The number of rotatable bonds is 3. The summed E-state index contributed by atoms with van der Waals surface area (Å²) in [6, 6.07) is 5.42. The van der Waals surface area contributed by atoms with E-state index in [9.17, 15) is 4.79 Å². The minimum Gasteiger partial charge on any atom is -0.465 e. The zero-order chi connectivity index (χ0) is 14.5. The number of nitrogens with one attached hydrogen (secondary N) is 2. The summed E-state index contributed by atoms with van der Waals surface area (Å²) in [5.41, 5.74) is 1.25. The van der Waals surface area contributed by atoms with Gasteiger partial charge in [0.2, 0.25) is 0 Å². The number of thiophene rings is 1. The van der Waals surface area contributed by atoms with Crippen LogP contribution >= 0.6 is 23.6 Å². The Labute approximate surface area is 126 Å². The fraction of sp³-hybridized carbons (Fsp3) is 0.154. The van der Waals surface area contributed by atoms with Gasteiger partial charge in [0, 0.05) is 11.1 Å². The maximum absolute atomic E-state index is 11.7. The SMILES string of the molecule is COC(=O)c1cc(C)sc1NC(=S)Nc1cccnc1. The number of aromatic nitrogens is 1. The zero-order valence-electron chi connectivity index (χ0n) is 11.0. The maximum atomic E-state index is 11.7. The monoisotopic (exact) mass is 307 g/mol.